The predicted molar refractivity (Wildman–Crippen MR) is 67.8 cm³/mol. The summed E-state index contributed by atoms with van der Waals surface area (Å²) in [5.74, 6) is 3.23. The first-order valence-corrected chi connectivity index (χ1v) is 6.59. The van der Waals surface area contributed by atoms with Crippen molar-refractivity contribution in [3.05, 3.63) is 23.4 Å². The molecule has 0 amide bonds. The minimum atomic E-state index is 0.500. The van der Waals surface area contributed by atoms with E-state index in [9.17, 15) is 0 Å². The van der Waals surface area contributed by atoms with Gasteiger partial charge in [-0.1, -0.05) is 0 Å². The second-order valence-electron chi connectivity index (χ2n) is 4.08. The van der Waals surface area contributed by atoms with E-state index in [1.165, 1.54) is 0 Å². The highest BCUT2D eigenvalue weighted by Crippen LogP contribution is 2.23. The Labute approximate surface area is 100 Å². The molecule has 84 valence electrons. The molecule has 1 aliphatic rings. The first-order valence-electron chi connectivity index (χ1n) is 5.44. The van der Waals surface area contributed by atoms with Crippen molar-refractivity contribution in [2.24, 2.45) is 0 Å². The number of anilines is 1. The normalized spacial score (nSPS) is 20.6. The van der Waals surface area contributed by atoms with Gasteiger partial charge in [-0.3, -0.25) is 0 Å². The van der Waals surface area contributed by atoms with Crippen molar-refractivity contribution in [1.29, 1.82) is 5.26 Å². The van der Waals surface area contributed by atoms with E-state index in [0.717, 1.165) is 29.6 Å². The molecule has 1 aliphatic heterocycles. The molecule has 0 aliphatic carbocycles. The summed E-state index contributed by atoms with van der Waals surface area (Å²) < 4.78 is 0. The third kappa shape index (κ3) is 2.30. The van der Waals surface area contributed by atoms with Gasteiger partial charge in [0.2, 0.25) is 0 Å². The average molecular weight is 233 g/mol. The zero-order valence-corrected chi connectivity index (χ0v) is 10.4. The summed E-state index contributed by atoms with van der Waals surface area (Å²) in [6, 6.07) is 6.40. The molecule has 2 heterocycles. The summed E-state index contributed by atoms with van der Waals surface area (Å²) in [5, 5.41) is 8.95. The fraction of sp³-hybridized carbons (Fsp3) is 0.500. The number of hydrogen-bond acceptors (Lipinski definition) is 4. The lowest BCUT2D eigenvalue weighted by Gasteiger charge is -2.34. The summed E-state index contributed by atoms with van der Waals surface area (Å²) in [6.07, 6.45) is 0. The Balaban J connectivity index is 2.32. The molecule has 1 saturated heterocycles. The van der Waals surface area contributed by atoms with Crippen LogP contribution in [0.15, 0.2) is 12.1 Å². The number of aromatic nitrogens is 1. The van der Waals surface area contributed by atoms with Gasteiger partial charge in [-0.15, -0.1) is 0 Å². The Bertz CT molecular complexity index is 425. The van der Waals surface area contributed by atoms with E-state index >= 15 is 0 Å². The van der Waals surface area contributed by atoms with Crippen molar-refractivity contribution < 1.29 is 0 Å². The van der Waals surface area contributed by atoms with Crippen LogP contribution in [0.5, 0.6) is 0 Å². The molecule has 1 aromatic rings. The van der Waals surface area contributed by atoms with Gasteiger partial charge in [-0.25, -0.2) is 4.98 Å². The van der Waals surface area contributed by atoms with Crippen molar-refractivity contribution in [2.45, 2.75) is 19.9 Å². The van der Waals surface area contributed by atoms with Gasteiger partial charge in [0, 0.05) is 29.8 Å². The summed E-state index contributed by atoms with van der Waals surface area (Å²) in [6.45, 7) is 5.17. The number of pyridine rings is 1. The number of nitrogens with zero attached hydrogens (tertiary/aromatic N) is 3. The van der Waals surface area contributed by atoms with Crippen molar-refractivity contribution in [1.82, 2.24) is 4.98 Å². The highest BCUT2D eigenvalue weighted by molar-refractivity contribution is 7.99. The zero-order valence-electron chi connectivity index (χ0n) is 9.60. The van der Waals surface area contributed by atoms with E-state index in [1.54, 1.807) is 0 Å². The molecule has 3 nitrogen and oxygen atoms in total. The first kappa shape index (κ1) is 11.3. The molecule has 1 atom stereocenters. The number of rotatable bonds is 1. The third-order valence-electron chi connectivity index (χ3n) is 2.73. The van der Waals surface area contributed by atoms with Crippen LogP contribution < -0.4 is 4.90 Å². The number of thioether (sulfide) groups is 1. The van der Waals surface area contributed by atoms with E-state index in [1.807, 2.05) is 30.8 Å². The van der Waals surface area contributed by atoms with Crippen LogP contribution in [-0.2, 0) is 0 Å². The quantitative estimate of drug-likeness (QED) is 0.745. The molecule has 4 heteroatoms. The summed E-state index contributed by atoms with van der Waals surface area (Å²) >= 11 is 1.98. The Morgan fingerprint density at radius 1 is 1.56 bits per heavy atom. The molecular weight excluding hydrogens is 218 g/mol. The zero-order chi connectivity index (χ0) is 11.5. The second kappa shape index (κ2) is 4.75. The Morgan fingerprint density at radius 3 is 3.06 bits per heavy atom. The van der Waals surface area contributed by atoms with Crippen molar-refractivity contribution >= 4 is 17.6 Å². The van der Waals surface area contributed by atoms with E-state index in [4.69, 9.17) is 5.26 Å². The van der Waals surface area contributed by atoms with Crippen LogP contribution >= 0.6 is 11.8 Å². The van der Waals surface area contributed by atoms with Crippen LogP contribution in [0, 0.1) is 18.3 Å². The molecule has 1 unspecified atom stereocenters. The van der Waals surface area contributed by atoms with Crippen LogP contribution in [0.25, 0.3) is 0 Å². The average Bonchev–Trinajstić information content (AvgIpc) is 2.28. The minimum absolute atomic E-state index is 0.500. The molecule has 0 N–H and O–H groups in total. The molecule has 2 rings (SSSR count). The topological polar surface area (TPSA) is 39.9 Å². The van der Waals surface area contributed by atoms with Gasteiger partial charge < -0.3 is 4.90 Å². The Hall–Kier alpha value is -1.21. The van der Waals surface area contributed by atoms with Crippen LogP contribution in [0.1, 0.15) is 18.2 Å². The van der Waals surface area contributed by atoms with E-state index in [2.05, 4.69) is 22.9 Å². The van der Waals surface area contributed by atoms with Gasteiger partial charge in [0.25, 0.3) is 0 Å². The number of nitriles is 1. The third-order valence-corrected chi connectivity index (χ3v) is 3.92. The summed E-state index contributed by atoms with van der Waals surface area (Å²) in [5.41, 5.74) is 1.62. The van der Waals surface area contributed by atoms with Crippen LogP contribution in [0.3, 0.4) is 0 Å². The fourth-order valence-electron chi connectivity index (χ4n) is 1.93. The van der Waals surface area contributed by atoms with Gasteiger partial charge in [-0.2, -0.15) is 17.0 Å². The summed E-state index contributed by atoms with van der Waals surface area (Å²) in [4.78, 5) is 6.82. The smallest absolute Gasteiger partial charge is 0.130 e. The molecule has 1 fully saturated rings. The van der Waals surface area contributed by atoms with Crippen LogP contribution in [0.2, 0.25) is 0 Å². The molecule has 0 aromatic carbocycles. The van der Waals surface area contributed by atoms with Crippen molar-refractivity contribution in [2.75, 3.05) is 23.0 Å². The highest BCUT2D eigenvalue weighted by Gasteiger charge is 2.20. The molecule has 0 saturated carbocycles. The number of aryl methyl sites for hydroxylation is 1. The van der Waals surface area contributed by atoms with Gasteiger partial charge in [0.05, 0.1) is 11.6 Å². The standard InChI is InChI=1S/C12H15N3S/c1-9-5-11(7-13)6-12(14-9)15-3-4-16-8-10(15)2/h5-6,10H,3-4,8H2,1-2H3. The van der Waals surface area contributed by atoms with Gasteiger partial charge in [0.1, 0.15) is 5.82 Å². The molecule has 0 radical (unpaired) electrons. The van der Waals surface area contributed by atoms with Gasteiger partial charge in [-0.05, 0) is 26.0 Å². The largest absolute Gasteiger partial charge is 0.352 e. The van der Waals surface area contributed by atoms with Crippen LogP contribution in [0.4, 0.5) is 5.82 Å². The lowest BCUT2D eigenvalue weighted by atomic mass is 10.2. The van der Waals surface area contributed by atoms with E-state index in [-0.39, 0.29) is 0 Å². The maximum Gasteiger partial charge on any atom is 0.130 e. The Kier molecular flexibility index (Phi) is 3.35. The maximum atomic E-state index is 8.95. The molecule has 0 bridgehead atoms. The lowest BCUT2D eigenvalue weighted by molar-refractivity contribution is 0.688. The molecule has 0 spiro atoms. The van der Waals surface area contributed by atoms with Crippen molar-refractivity contribution in [3.63, 3.8) is 0 Å². The SMILES string of the molecule is Cc1cc(C#N)cc(N2CCSCC2C)n1. The van der Waals surface area contributed by atoms with Crippen LogP contribution in [-0.4, -0.2) is 29.1 Å². The van der Waals surface area contributed by atoms with Crippen molar-refractivity contribution in [3.8, 4) is 6.07 Å². The highest BCUT2D eigenvalue weighted by atomic mass is 32.2. The van der Waals surface area contributed by atoms with E-state index < -0.39 is 0 Å². The van der Waals surface area contributed by atoms with E-state index in [0.29, 0.717) is 11.6 Å². The molecular formula is C12H15N3S. The maximum absolute atomic E-state index is 8.95. The first-order chi connectivity index (χ1) is 7.70. The fourth-order valence-corrected chi connectivity index (χ4v) is 2.94. The summed E-state index contributed by atoms with van der Waals surface area (Å²) in [7, 11) is 0. The Morgan fingerprint density at radius 2 is 2.38 bits per heavy atom. The van der Waals surface area contributed by atoms with Gasteiger partial charge in [0.15, 0.2) is 0 Å². The predicted octanol–water partition coefficient (Wildman–Crippen LogP) is 2.20. The lowest BCUT2D eigenvalue weighted by Crippen LogP contribution is -2.41. The number of hydrogen-bond donors (Lipinski definition) is 0. The second-order valence-corrected chi connectivity index (χ2v) is 5.23. The molecule has 1 aromatic heterocycles. The monoisotopic (exact) mass is 233 g/mol. The molecule has 16 heavy (non-hydrogen) atoms. The minimum Gasteiger partial charge on any atom is -0.352 e. The van der Waals surface area contributed by atoms with Gasteiger partial charge >= 0.3 is 0 Å².